The summed E-state index contributed by atoms with van der Waals surface area (Å²) in [7, 11) is 0.196. The number of sulfone groups is 1. The minimum absolute atomic E-state index is 0.0105. The molecule has 0 aliphatic carbocycles. The van der Waals surface area contributed by atoms with Gasteiger partial charge in [0.25, 0.3) is 0 Å². The van der Waals surface area contributed by atoms with Crippen molar-refractivity contribution in [1.82, 2.24) is 4.90 Å². The Morgan fingerprint density at radius 2 is 1.45 bits per heavy atom. The Kier molecular flexibility index (Phi) is 6.77. The van der Waals surface area contributed by atoms with Gasteiger partial charge in [-0.25, -0.2) is 8.42 Å². The molecule has 1 atom stereocenters. The number of carbonyl (C=O) groups is 1. The molecule has 1 unspecified atom stereocenters. The van der Waals surface area contributed by atoms with Crippen molar-refractivity contribution in [2.45, 2.75) is 42.0 Å². The zero-order valence-corrected chi connectivity index (χ0v) is 19.3. The van der Waals surface area contributed by atoms with E-state index in [1.807, 2.05) is 62.3 Å². The summed E-state index contributed by atoms with van der Waals surface area (Å²) in [5.74, 6) is -0.0105. The molecular weight excluding hydrogens is 406 g/mol. The third kappa shape index (κ3) is 4.48. The van der Waals surface area contributed by atoms with Crippen molar-refractivity contribution >= 4 is 15.6 Å². The summed E-state index contributed by atoms with van der Waals surface area (Å²) in [6.07, 6.45) is 1.22. The molecule has 3 aromatic carbocycles. The molecule has 0 saturated carbocycles. The van der Waals surface area contributed by atoms with Crippen molar-refractivity contribution in [1.29, 1.82) is 0 Å². The highest BCUT2D eigenvalue weighted by atomic mass is 32.2. The topological polar surface area (TPSA) is 54.5 Å². The lowest BCUT2D eigenvalue weighted by Crippen LogP contribution is -2.52. The predicted octanol–water partition coefficient (Wildman–Crippen LogP) is 4.96. The Labute approximate surface area is 185 Å². The molecule has 0 spiro atoms. The highest BCUT2D eigenvalue weighted by Gasteiger charge is 2.39. The number of hydrogen-bond donors (Lipinski definition) is 0. The molecule has 0 N–H and O–H groups in total. The molecular formula is C26H29NO3S. The summed E-state index contributed by atoms with van der Waals surface area (Å²) >= 11 is 0. The van der Waals surface area contributed by atoms with Crippen LogP contribution < -0.4 is 0 Å². The predicted molar refractivity (Wildman–Crippen MR) is 124 cm³/mol. The fourth-order valence-electron chi connectivity index (χ4n) is 4.02. The van der Waals surface area contributed by atoms with Crippen LogP contribution in [0, 0.1) is 6.92 Å². The molecule has 0 heterocycles. The van der Waals surface area contributed by atoms with E-state index < -0.39 is 15.4 Å². The number of likely N-dealkylation sites (N-methyl/N-ethyl adjacent to an activating group) is 1. The molecule has 0 bridgehead atoms. The van der Waals surface area contributed by atoms with Gasteiger partial charge >= 0.3 is 0 Å². The van der Waals surface area contributed by atoms with Crippen LogP contribution in [-0.4, -0.2) is 38.7 Å². The van der Waals surface area contributed by atoms with Crippen molar-refractivity contribution in [3.05, 3.63) is 95.6 Å². The monoisotopic (exact) mass is 435 g/mol. The number of Topliss-reactive ketones (excluding diaryl/α,β-unsaturated/α-hetero) is 1. The third-order valence-electron chi connectivity index (χ3n) is 6.01. The second-order valence-corrected chi connectivity index (χ2v) is 9.98. The van der Waals surface area contributed by atoms with E-state index in [0.29, 0.717) is 24.0 Å². The van der Waals surface area contributed by atoms with Crippen LogP contribution in [0.15, 0.2) is 88.7 Å². The molecule has 162 valence electrons. The van der Waals surface area contributed by atoms with E-state index in [-0.39, 0.29) is 15.6 Å². The van der Waals surface area contributed by atoms with E-state index in [2.05, 4.69) is 0 Å². The Morgan fingerprint density at radius 3 is 2.00 bits per heavy atom. The lowest BCUT2D eigenvalue weighted by atomic mass is 9.80. The summed E-state index contributed by atoms with van der Waals surface area (Å²) in [4.78, 5) is 16.1. The minimum Gasteiger partial charge on any atom is -0.297 e. The number of benzene rings is 3. The van der Waals surface area contributed by atoms with Crippen molar-refractivity contribution < 1.29 is 13.2 Å². The first-order valence-electron chi connectivity index (χ1n) is 10.4. The molecule has 0 amide bonds. The van der Waals surface area contributed by atoms with Crippen molar-refractivity contribution in [2.75, 3.05) is 14.1 Å². The molecule has 5 heteroatoms. The number of rotatable bonds is 8. The van der Waals surface area contributed by atoms with Gasteiger partial charge in [0.2, 0.25) is 9.84 Å². The van der Waals surface area contributed by atoms with Gasteiger partial charge in [0.05, 0.1) is 15.3 Å². The maximum absolute atomic E-state index is 13.6. The van der Waals surface area contributed by atoms with Crippen LogP contribution in [0.5, 0.6) is 0 Å². The lowest BCUT2D eigenvalue weighted by molar-refractivity contribution is 0.0666. The average molecular weight is 436 g/mol. The largest absolute Gasteiger partial charge is 0.297 e. The quantitative estimate of drug-likeness (QED) is 0.469. The minimum atomic E-state index is -3.64. The molecule has 3 aromatic rings. The molecule has 0 saturated heterocycles. The van der Waals surface area contributed by atoms with E-state index in [9.17, 15) is 13.2 Å². The van der Waals surface area contributed by atoms with Crippen LogP contribution in [0.3, 0.4) is 0 Å². The van der Waals surface area contributed by atoms with Crippen molar-refractivity contribution in [3.63, 3.8) is 0 Å². The normalized spacial score (nSPS) is 13.7. The van der Waals surface area contributed by atoms with E-state index in [4.69, 9.17) is 0 Å². The van der Waals surface area contributed by atoms with Crippen LogP contribution in [0.4, 0.5) is 0 Å². The number of ketones is 1. The van der Waals surface area contributed by atoms with Gasteiger partial charge in [0, 0.05) is 5.56 Å². The fourth-order valence-corrected chi connectivity index (χ4v) is 5.51. The standard InChI is InChI=1S/C26H29NO3S/c1-5-26(27(3)4,19-21-12-7-6-8-13-21)25(28)22-15-17-23(18-16-22)31(29,30)24-14-10-9-11-20(24)2/h6-18H,5,19H2,1-4H3. The van der Waals surface area contributed by atoms with Crippen LogP contribution in [0.25, 0.3) is 0 Å². The average Bonchev–Trinajstić information content (AvgIpc) is 2.78. The maximum atomic E-state index is 13.6. The van der Waals surface area contributed by atoms with Gasteiger partial charge in [-0.2, -0.15) is 0 Å². The second kappa shape index (κ2) is 9.16. The van der Waals surface area contributed by atoms with Crippen LogP contribution in [0.1, 0.15) is 34.8 Å². The molecule has 0 radical (unpaired) electrons. The number of carbonyl (C=O) groups excluding carboxylic acids is 1. The van der Waals surface area contributed by atoms with Crippen molar-refractivity contribution in [3.8, 4) is 0 Å². The first kappa shape index (κ1) is 22.9. The van der Waals surface area contributed by atoms with E-state index >= 15 is 0 Å². The zero-order chi connectivity index (χ0) is 22.6. The first-order chi connectivity index (χ1) is 14.7. The maximum Gasteiger partial charge on any atom is 0.206 e. The number of hydrogen-bond acceptors (Lipinski definition) is 4. The molecule has 0 aromatic heterocycles. The Morgan fingerprint density at radius 1 is 0.871 bits per heavy atom. The molecule has 4 nitrogen and oxygen atoms in total. The van der Waals surface area contributed by atoms with Crippen LogP contribution >= 0.6 is 0 Å². The Balaban J connectivity index is 1.96. The van der Waals surface area contributed by atoms with E-state index in [1.54, 1.807) is 37.3 Å². The summed E-state index contributed by atoms with van der Waals surface area (Å²) in [6.45, 7) is 3.79. The van der Waals surface area contributed by atoms with Gasteiger partial charge in [-0.05, 0) is 63.2 Å². The van der Waals surface area contributed by atoms with Gasteiger partial charge < -0.3 is 0 Å². The zero-order valence-electron chi connectivity index (χ0n) is 18.5. The fraction of sp³-hybridized carbons (Fsp3) is 0.269. The summed E-state index contributed by atoms with van der Waals surface area (Å²) in [6, 6.07) is 23.2. The van der Waals surface area contributed by atoms with Gasteiger partial charge in [-0.1, -0.05) is 67.6 Å². The SMILES string of the molecule is CCC(Cc1ccccc1)(C(=O)c1ccc(S(=O)(=O)c2ccccc2C)cc1)N(C)C. The van der Waals surface area contributed by atoms with E-state index in [0.717, 1.165) is 5.56 Å². The highest BCUT2D eigenvalue weighted by molar-refractivity contribution is 7.91. The Bertz CT molecular complexity index is 1150. The van der Waals surface area contributed by atoms with Crippen LogP contribution in [0.2, 0.25) is 0 Å². The first-order valence-corrected chi connectivity index (χ1v) is 11.9. The summed E-state index contributed by atoms with van der Waals surface area (Å²) < 4.78 is 26.1. The van der Waals surface area contributed by atoms with E-state index in [1.165, 1.54) is 12.1 Å². The lowest BCUT2D eigenvalue weighted by Gasteiger charge is -2.38. The van der Waals surface area contributed by atoms with Crippen LogP contribution in [-0.2, 0) is 16.3 Å². The molecule has 0 aliphatic rings. The summed E-state index contributed by atoms with van der Waals surface area (Å²) in [5, 5.41) is 0. The smallest absolute Gasteiger partial charge is 0.206 e. The van der Waals surface area contributed by atoms with Gasteiger partial charge in [0.15, 0.2) is 5.78 Å². The molecule has 31 heavy (non-hydrogen) atoms. The van der Waals surface area contributed by atoms with Gasteiger partial charge in [0.1, 0.15) is 0 Å². The number of nitrogens with zero attached hydrogens (tertiary/aromatic N) is 1. The van der Waals surface area contributed by atoms with Gasteiger partial charge in [-0.3, -0.25) is 9.69 Å². The molecule has 0 fully saturated rings. The highest BCUT2D eigenvalue weighted by Crippen LogP contribution is 2.29. The Hall–Kier alpha value is -2.76. The molecule has 0 aliphatic heterocycles. The van der Waals surface area contributed by atoms with Gasteiger partial charge in [-0.15, -0.1) is 0 Å². The molecule has 3 rings (SSSR count). The van der Waals surface area contributed by atoms with Crippen molar-refractivity contribution in [2.24, 2.45) is 0 Å². The number of aryl methyl sites for hydroxylation is 1. The third-order valence-corrected chi connectivity index (χ3v) is 7.94. The second-order valence-electron chi connectivity index (χ2n) is 8.06. The summed E-state index contributed by atoms with van der Waals surface area (Å²) in [5.41, 5.74) is 1.58.